The molecule has 2 aromatic rings. The third-order valence-electron chi connectivity index (χ3n) is 4.16. The van der Waals surface area contributed by atoms with E-state index in [9.17, 15) is 0 Å². The van der Waals surface area contributed by atoms with Gasteiger partial charge in [0.05, 0.1) is 40.0 Å². The first kappa shape index (κ1) is 21.2. The first-order valence-corrected chi connectivity index (χ1v) is 9.04. The Morgan fingerprint density at radius 3 is 2.07 bits per heavy atom. The molecule has 0 atom stereocenters. The summed E-state index contributed by atoms with van der Waals surface area (Å²) in [6.45, 7) is 3.67. The molecule has 152 valence electrons. The first-order chi connectivity index (χ1) is 13.6. The maximum Gasteiger partial charge on any atom is 0.191 e. The molecule has 0 spiro atoms. The molecular formula is C21H29N3O4. The lowest BCUT2D eigenvalue weighted by Gasteiger charge is -2.17. The normalized spacial score (nSPS) is 11.0. The van der Waals surface area contributed by atoms with E-state index in [1.807, 2.05) is 43.3 Å². The minimum Gasteiger partial charge on any atom is -0.496 e. The lowest BCUT2D eigenvalue weighted by atomic mass is 10.1. The highest BCUT2D eigenvalue weighted by atomic mass is 16.5. The second kappa shape index (κ2) is 10.9. The summed E-state index contributed by atoms with van der Waals surface area (Å²) < 4.78 is 21.9. The summed E-state index contributed by atoms with van der Waals surface area (Å²) in [5.74, 6) is 3.55. The number of methoxy groups -OCH3 is 3. The first-order valence-electron chi connectivity index (χ1n) is 9.04. The van der Waals surface area contributed by atoms with Gasteiger partial charge in [0.15, 0.2) is 5.96 Å². The predicted molar refractivity (Wildman–Crippen MR) is 111 cm³/mol. The maximum atomic E-state index is 5.72. The van der Waals surface area contributed by atoms with Crippen molar-refractivity contribution in [2.45, 2.75) is 13.5 Å². The van der Waals surface area contributed by atoms with Gasteiger partial charge in [0.25, 0.3) is 0 Å². The van der Waals surface area contributed by atoms with Crippen LogP contribution in [0.15, 0.2) is 41.4 Å². The lowest BCUT2D eigenvalue weighted by Crippen LogP contribution is -2.39. The van der Waals surface area contributed by atoms with Gasteiger partial charge in [-0.15, -0.1) is 0 Å². The molecule has 0 unspecified atom stereocenters. The van der Waals surface area contributed by atoms with Gasteiger partial charge in [-0.2, -0.15) is 0 Å². The van der Waals surface area contributed by atoms with Crippen LogP contribution >= 0.6 is 0 Å². The number of aryl methyl sites for hydroxylation is 1. The third-order valence-corrected chi connectivity index (χ3v) is 4.16. The van der Waals surface area contributed by atoms with Crippen LogP contribution in [0.1, 0.15) is 11.1 Å². The second-order valence-electron chi connectivity index (χ2n) is 6.02. The van der Waals surface area contributed by atoms with E-state index in [-0.39, 0.29) is 0 Å². The van der Waals surface area contributed by atoms with Crippen molar-refractivity contribution in [1.29, 1.82) is 0 Å². The summed E-state index contributed by atoms with van der Waals surface area (Å²) in [7, 11) is 6.57. The van der Waals surface area contributed by atoms with Gasteiger partial charge in [0.1, 0.15) is 29.6 Å². The van der Waals surface area contributed by atoms with Crippen molar-refractivity contribution in [3.05, 3.63) is 47.5 Å². The van der Waals surface area contributed by atoms with Crippen LogP contribution in [0.25, 0.3) is 0 Å². The van der Waals surface area contributed by atoms with E-state index < -0.39 is 0 Å². The van der Waals surface area contributed by atoms with Crippen LogP contribution < -0.4 is 29.6 Å². The van der Waals surface area contributed by atoms with E-state index >= 15 is 0 Å². The summed E-state index contributed by atoms with van der Waals surface area (Å²) in [6, 6.07) is 11.6. The van der Waals surface area contributed by atoms with Gasteiger partial charge >= 0.3 is 0 Å². The van der Waals surface area contributed by atoms with Crippen LogP contribution in [0.3, 0.4) is 0 Å². The molecule has 0 aliphatic rings. The highest BCUT2D eigenvalue weighted by molar-refractivity contribution is 5.79. The number of rotatable bonds is 9. The molecule has 2 N–H and O–H groups in total. The van der Waals surface area contributed by atoms with Gasteiger partial charge in [-0.25, -0.2) is 0 Å². The van der Waals surface area contributed by atoms with Gasteiger partial charge in [-0.3, -0.25) is 4.99 Å². The molecule has 0 heterocycles. The Bertz CT molecular complexity index is 751. The van der Waals surface area contributed by atoms with Gasteiger partial charge < -0.3 is 29.6 Å². The summed E-state index contributed by atoms with van der Waals surface area (Å²) >= 11 is 0. The summed E-state index contributed by atoms with van der Waals surface area (Å²) in [5.41, 5.74) is 2.09. The fraction of sp³-hybridized carbons (Fsp3) is 0.381. The molecular weight excluding hydrogens is 358 g/mol. The molecule has 0 saturated heterocycles. The van der Waals surface area contributed by atoms with Gasteiger partial charge in [0.2, 0.25) is 0 Å². The van der Waals surface area contributed by atoms with Crippen molar-refractivity contribution in [2.75, 3.05) is 41.5 Å². The van der Waals surface area contributed by atoms with Crippen LogP contribution in [-0.4, -0.2) is 47.5 Å². The van der Waals surface area contributed by atoms with Crippen molar-refractivity contribution in [3.63, 3.8) is 0 Å². The van der Waals surface area contributed by atoms with E-state index in [4.69, 9.17) is 18.9 Å². The van der Waals surface area contributed by atoms with Crippen LogP contribution in [0.5, 0.6) is 23.0 Å². The number of aliphatic imine (C=N–C) groups is 1. The monoisotopic (exact) mass is 387 g/mol. The minimum atomic E-state index is 0.481. The van der Waals surface area contributed by atoms with E-state index in [1.54, 1.807) is 28.4 Å². The fourth-order valence-electron chi connectivity index (χ4n) is 2.62. The Morgan fingerprint density at radius 2 is 1.54 bits per heavy atom. The third kappa shape index (κ3) is 5.97. The molecule has 0 saturated carbocycles. The Kier molecular flexibility index (Phi) is 8.27. The molecule has 28 heavy (non-hydrogen) atoms. The Morgan fingerprint density at radius 1 is 0.893 bits per heavy atom. The molecule has 0 bridgehead atoms. The molecule has 0 amide bonds. The van der Waals surface area contributed by atoms with Gasteiger partial charge in [-0.1, -0.05) is 17.7 Å². The highest BCUT2D eigenvalue weighted by Crippen LogP contribution is 2.33. The predicted octanol–water partition coefficient (Wildman–Crippen LogP) is 2.76. The van der Waals surface area contributed by atoms with Crippen LogP contribution in [0.2, 0.25) is 0 Å². The number of hydrogen-bond acceptors (Lipinski definition) is 5. The summed E-state index contributed by atoms with van der Waals surface area (Å²) in [6.07, 6.45) is 0. The molecule has 2 rings (SSSR count). The quantitative estimate of drug-likeness (QED) is 0.392. The van der Waals surface area contributed by atoms with E-state index in [2.05, 4.69) is 15.6 Å². The van der Waals surface area contributed by atoms with Crippen LogP contribution in [0.4, 0.5) is 0 Å². The molecule has 0 fully saturated rings. The number of hydrogen-bond donors (Lipinski definition) is 2. The van der Waals surface area contributed by atoms with Crippen molar-refractivity contribution in [3.8, 4) is 23.0 Å². The van der Waals surface area contributed by atoms with Crippen molar-refractivity contribution < 1.29 is 18.9 Å². The van der Waals surface area contributed by atoms with E-state index in [1.165, 1.54) is 5.56 Å². The molecule has 0 aliphatic heterocycles. The molecule has 0 radical (unpaired) electrons. The Hall–Kier alpha value is -3.09. The zero-order valence-corrected chi connectivity index (χ0v) is 17.2. The fourth-order valence-corrected chi connectivity index (χ4v) is 2.62. The second-order valence-corrected chi connectivity index (χ2v) is 6.02. The number of nitrogens with zero attached hydrogens (tertiary/aromatic N) is 1. The number of nitrogens with one attached hydrogen (secondary N) is 2. The Labute approximate surface area is 166 Å². The summed E-state index contributed by atoms with van der Waals surface area (Å²) in [5, 5.41) is 6.49. The lowest BCUT2D eigenvalue weighted by molar-refractivity contribution is 0.322. The number of guanidine groups is 1. The zero-order chi connectivity index (χ0) is 20.4. The van der Waals surface area contributed by atoms with E-state index in [0.29, 0.717) is 42.9 Å². The highest BCUT2D eigenvalue weighted by Gasteiger charge is 2.13. The number of benzene rings is 2. The zero-order valence-electron chi connectivity index (χ0n) is 17.2. The molecule has 7 nitrogen and oxygen atoms in total. The van der Waals surface area contributed by atoms with Crippen LogP contribution in [-0.2, 0) is 6.54 Å². The number of ether oxygens (including phenoxy) is 4. The van der Waals surface area contributed by atoms with Crippen LogP contribution in [0, 0.1) is 6.92 Å². The standard InChI is InChI=1S/C21H29N3O4/c1-15-6-8-16(9-7-15)28-11-10-23-21(22-2)24-14-18-19(26-4)12-17(25-3)13-20(18)27-5/h6-9,12-13H,10-11,14H2,1-5H3,(H2,22,23,24). The van der Waals surface area contributed by atoms with Gasteiger partial charge in [-0.05, 0) is 19.1 Å². The summed E-state index contributed by atoms with van der Waals surface area (Å²) in [4.78, 5) is 4.24. The SMILES string of the molecule is CN=C(NCCOc1ccc(C)cc1)NCc1c(OC)cc(OC)cc1OC. The topological polar surface area (TPSA) is 73.3 Å². The molecule has 0 aliphatic carbocycles. The van der Waals surface area contributed by atoms with Gasteiger partial charge in [0, 0.05) is 19.2 Å². The Balaban J connectivity index is 1.88. The van der Waals surface area contributed by atoms with Crippen molar-refractivity contribution >= 4 is 5.96 Å². The average Bonchev–Trinajstić information content (AvgIpc) is 2.73. The molecule has 7 heteroatoms. The smallest absolute Gasteiger partial charge is 0.191 e. The van der Waals surface area contributed by atoms with E-state index in [0.717, 1.165) is 11.3 Å². The average molecular weight is 387 g/mol. The molecule has 0 aromatic heterocycles. The maximum absolute atomic E-state index is 5.72. The minimum absolute atomic E-state index is 0.481. The molecule has 2 aromatic carbocycles. The largest absolute Gasteiger partial charge is 0.496 e. The van der Waals surface area contributed by atoms with Crippen molar-refractivity contribution in [2.24, 2.45) is 4.99 Å². The van der Waals surface area contributed by atoms with Crippen molar-refractivity contribution in [1.82, 2.24) is 10.6 Å².